The largest absolute Gasteiger partial charge is 0.459 e. The number of nitrogens with two attached hydrogens (primary N) is 1. The van der Waals surface area contributed by atoms with Crippen LogP contribution in [0, 0.1) is 10.8 Å². The first-order chi connectivity index (χ1) is 7.91. The standard InChI is InChI=1S/C15H31NO2/c1-13(2,3)11-15(7,14(4,5)6)18-12(17)9-8-10-16/h8-11,16H2,1-7H3. The van der Waals surface area contributed by atoms with Crippen molar-refractivity contribution in [3.05, 3.63) is 0 Å². The van der Waals surface area contributed by atoms with E-state index in [1.54, 1.807) is 0 Å². The van der Waals surface area contributed by atoms with E-state index in [9.17, 15) is 4.79 Å². The molecule has 0 aromatic rings. The Hall–Kier alpha value is -0.570. The number of hydrogen-bond donors (Lipinski definition) is 1. The van der Waals surface area contributed by atoms with Crippen LogP contribution in [0.1, 0.15) is 67.7 Å². The van der Waals surface area contributed by atoms with Crippen molar-refractivity contribution in [3.63, 3.8) is 0 Å². The van der Waals surface area contributed by atoms with Gasteiger partial charge in [0, 0.05) is 11.8 Å². The highest BCUT2D eigenvalue weighted by Crippen LogP contribution is 2.42. The van der Waals surface area contributed by atoms with Crippen LogP contribution in [0.4, 0.5) is 0 Å². The SMILES string of the molecule is CC(C)(C)CC(C)(OC(=O)CCCN)C(C)(C)C. The van der Waals surface area contributed by atoms with E-state index in [1.807, 2.05) is 6.92 Å². The van der Waals surface area contributed by atoms with Gasteiger partial charge in [-0.1, -0.05) is 41.5 Å². The Morgan fingerprint density at radius 3 is 1.89 bits per heavy atom. The second-order valence-corrected chi connectivity index (χ2v) is 7.58. The lowest BCUT2D eigenvalue weighted by Crippen LogP contribution is -2.46. The van der Waals surface area contributed by atoms with Crippen molar-refractivity contribution in [2.24, 2.45) is 16.6 Å². The topological polar surface area (TPSA) is 52.3 Å². The van der Waals surface area contributed by atoms with E-state index in [4.69, 9.17) is 10.5 Å². The van der Waals surface area contributed by atoms with Gasteiger partial charge in [-0.3, -0.25) is 4.79 Å². The summed E-state index contributed by atoms with van der Waals surface area (Å²) >= 11 is 0. The van der Waals surface area contributed by atoms with Gasteiger partial charge >= 0.3 is 5.97 Å². The Labute approximate surface area is 112 Å². The van der Waals surface area contributed by atoms with Crippen LogP contribution in [0.2, 0.25) is 0 Å². The van der Waals surface area contributed by atoms with Gasteiger partial charge in [0.2, 0.25) is 0 Å². The highest BCUT2D eigenvalue weighted by Gasteiger charge is 2.43. The minimum Gasteiger partial charge on any atom is -0.459 e. The van der Waals surface area contributed by atoms with E-state index < -0.39 is 5.60 Å². The van der Waals surface area contributed by atoms with Crippen LogP contribution in [-0.2, 0) is 9.53 Å². The Kier molecular flexibility index (Phi) is 5.86. The molecule has 0 bridgehead atoms. The molecule has 108 valence electrons. The van der Waals surface area contributed by atoms with Gasteiger partial charge in [-0.2, -0.15) is 0 Å². The number of rotatable bonds is 5. The molecule has 0 aromatic carbocycles. The summed E-state index contributed by atoms with van der Waals surface area (Å²) in [5.74, 6) is -0.137. The summed E-state index contributed by atoms with van der Waals surface area (Å²) in [6, 6.07) is 0. The van der Waals surface area contributed by atoms with Crippen molar-refractivity contribution < 1.29 is 9.53 Å². The molecule has 1 atom stereocenters. The monoisotopic (exact) mass is 257 g/mol. The van der Waals surface area contributed by atoms with E-state index in [0.29, 0.717) is 19.4 Å². The first-order valence-corrected chi connectivity index (χ1v) is 6.83. The second kappa shape index (κ2) is 6.05. The summed E-state index contributed by atoms with van der Waals surface area (Å²) in [4.78, 5) is 11.9. The first kappa shape index (κ1) is 17.4. The highest BCUT2D eigenvalue weighted by atomic mass is 16.6. The normalized spacial score (nSPS) is 16.2. The van der Waals surface area contributed by atoms with Crippen LogP contribution in [0.3, 0.4) is 0 Å². The van der Waals surface area contributed by atoms with Gasteiger partial charge in [0.25, 0.3) is 0 Å². The molecule has 0 spiro atoms. The lowest BCUT2D eigenvalue weighted by atomic mass is 9.69. The maximum Gasteiger partial charge on any atom is 0.306 e. The van der Waals surface area contributed by atoms with Crippen LogP contribution in [0.15, 0.2) is 0 Å². The van der Waals surface area contributed by atoms with Crippen LogP contribution >= 0.6 is 0 Å². The van der Waals surface area contributed by atoms with Crippen LogP contribution in [-0.4, -0.2) is 18.1 Å². The summed E-state index contributed by atoms with van der Waals surface area (Å²) < 4.78 is 5.79. The van der Waals surface area contributed by atoms with Crippen molar-refractivity contribution >= 4 is 5.97 Å². The molecular weight excluding hydrogens is 226 g/mol. The average Bonchev–Trinajstić information content (AvgIpc) is 2.09. The van der Waals surface area contributed by atoms with Crippen molar-refractivity contribution in [1.82, 2.24) is 0 Å². The van der Waals surface area contributed by atoms with Crippen LogP contribution in [0.5, 0.6) is 0 Å². The zero-order valence-electron chi connectivity index (χ0n) is 13.2. The van der Waals surface area contributed by atoms with E-state index in [1.165, 1.54) is 0 Å². The van der Waals surface area contributed by atoms with E-state index >= 15 is 0 Å². The molecule has 3 heteroatoms. The molecule has 0 aliphatic carbocycles. The molecule has 2 N–H and O–H groups in total. The Morgan fingerprint density at radius 1 is 1.06 bits per heavy atom. The first-order valence-electron chi connectivity index (χ1n) is 6.83. The van der Waals surface area contributed by atoms with Gasteiger partial charge in [0.1, 0.15) is 5.60 Å². The second-order valence-electron chi connectivity index (χ2n) is 7.58. The summed E-state index contributed by atoms with van der Waals surface area (Å²) in [5, 5.41) is 0. The minimum absolute atomic E-state index is 0.0847. The number of ether oxygens (including phenoxy) is 1. The smallest absolute Gasteiger partial charge is 0.306 e. The number of carbonyl (C=O) groups is 1. The fraction of sp³-hybridized carbons (Fsp3) is 0.933. The van der Waals surface area contributed by atoms with E-state index in [2.05, 4.69) is 41.5 Å². The lowest BCUT2D eigenvalue weighted by Gasteiger charge is -2.44. The molecule has 18 heavy (non-hydrogen) atoms. The van der Waals surface area contributed by atoms with Gasteiger partial charge < -0.3 is 10.5 Å². The Balaban J connectivity index is 4.85. The molecule has 0 amide bonds. The zero-order valence-corrected chi connectivity index (χ0v) is 13.2. The van der Waals surface area contributed by atoms with Crippen LogP contribution < -0.4 is 5.73 Å². The minimum atomic E-state index is -0.447. The molecule has 0 fully saturated rings. The Bertz CT molecular complexity index is 273. The van der Waals surface area contributed by atoms with Crippen molar-refractivity contribution in [2.45, 2.75) is 73.3 Å². The van der Waals surface area contributed by atoms with Gasteiger partial charge in [-0.25, -0.2) is 0 Å². The molecule has 0 aromatic heterocycles. The van der Waals surface area contributed by atoms with E-state index in [-0.39, 0.29) is 16.8 Å². The summed E-state index contributed by atoms with van der Waals surface area (Å²) in [5.41, 5.74) is 5.01. The number of carbonyl (C=O) groups excluding carboxylic acids is 1. The zero-order chi connectivity index (χ0) is 14.6. The Morgan fingerprint density at radius 2 is 1.56 bits per heavy atom. The van der Waals surface area contributed by atoms with Gasteiger partial charge in [-0.15, -0.1) is 0 Å². The molecule has 0 aliphatic rings. The molecule has 0 aliphatic heterocycles. The third-order valence-corrected chi connectivity index (χ3v) is 3.38. The molecule has 0 saturated heterocycles. The molecule has 0 saturated carbocycles. The summed E-state index contributed by atoms with van der Waals surface area (Å²) in [6.45, 7) is 15.4. The quantitative estimate of drug-likeness (QED) is 0.767. The maximum atomic E-state index is 11.9. The van der Waals surface area contributed by atoms with Gasteiger partial charge in [0.05, 0.1) is 0 Å². The fourth-order valence-corrected chi connectivity index (χ4v) is 2.02. The van der Waals surface area contributed by atoms with Gasteiger partial charge in [0.15, 0.2) is 0 Å². The highest BCUT2D eigenvalue weighted by molar-refractivity contribution is 5.70. The summed E-state index contributed by atoms with van der Waals surface area (Å²) in [6.07, 6.45) is 1.94. The molecule has 3 nitrogen and oxygen atoms in total. The van der Waals surface area contributed by atoms with Crippen molar-refractivity contribution in [1.29, 1.82) is 0 Å². The van der Waals surface area contributed by atoms with E-state index in [0.717, 1.165) is 6.42 Å². The van der Waals surface area contributed by atoms with Crippen molar-refractivity contribution in [2.75, 3.05) is 6.54 Å². The predicted octanol–water partition coefficient (Wildman–Crippen LogP) is 3.51. The molecule has 1 unspecified atom stereocenters. The number of hydrogen-bond acceptors (Lipinski definition) is 3. The van der Waals surface area contributed by atoms with Crippen LogP contribution in [0.25, 0.3) is 0 Å². The molecule has 0 heterocycles. The van der Waals surface area contributed by atoms with Gasteiger partial charge in [-0.05, 0) is 31.7 Å². The molecule has 0 radical (unpaired) electrons. The predicted molar refractivity (Wildman–Crippen MR) is 76.3 cm³/mol. The average molecular weight is 257 g/mol. The molecular formula is C15H31NO2. The lowest BCUT2D eigenvalue weighted by molar-refractivity contribution is -0.175. The number of esters is 1. The molecule has 0 rings (SSSR count). The summed E-state index contributed by atoms with van der Waals surface area (Å²) in [7, 11) is 0. The maximum absolute atomic E-state index is 11.9. The fourth-order valence-electron chi connectivity index (χ4n) is 2.02. The third-order valence-electron chi connectivity index (χ3n) is 3.38. The third kappa shape index (κ3) is 5.85. The van der Waals surface area contributed by atoms with Crippen molar-refractivity contribution in [3.8, 4) is 0 Å².